The van der Waals surface area contributed by atoms with Crippen LogP contribution in [0.4, 0.5) is 5.82 Å². The largest absolute Gasteiger partial charge is 0.360 e. The van der Waals surface area contributed by atoms with E-state index in [1.54, 1.807) is 24.9 Å². The zero-order valence-electron chi connectivity index (χ0n) is 17.8. The van der Waals surface area contributed by atoms with E-state index in [1.165, 1.54) is 4.90 Å². The lowest BCUT2D eigenvalue weighted by Crippen LogP contribution is -2.54. The first-order chi connectivity index (χ1) is 14.2. The summed E-state index contributed by atoms with van der Waals surface area (Å²) >= 11 is 0. The number of benzene rings is 1. The molecule has 1 atom stereocenters. The van der Waals surface area contributed by atoms with E-state index in [9.17, 15) is 14.4 Å². The highest BCUT2D eigenvalue weighted by Gasteiger charge is 2.36. The van der Waals surface area contributed by atoms with E-state index in [1.807, 2.05) is 38.1 Å². The number of nitrogens with one attached hydrogen (secondary N) is 1. The van der Waals surface area contributed by atoms with Crippen LogP contribution in [0.15, 0.2) is 34.9 Å². The van der Waals surface area contributed by atoms with Crippen molar-refractivity contribution in [3.8, 4) is 0 Å². The van der Waals surface area contributed by atoms with Gasteiger partial charge in [-0.25, -0.2) is 0 Å². The van der Waals surface area contributed by atoms with Crippen molar-refractivity contribution in [1.82, 2.24) is 15.0 Å². The Kier molecular flexibility index (Phi) is 6.54. The average molecular weight is 412 g/mol. The number of fused-ring (bicyclic) bond motifs is 1. The first kappa shape index (κ1) is 21.5. The molecular formula is C22H28N4O4. The van der Waals surface area contributed by atoms with Crippen LogP contribution < -0.4 is 5.32 Å². The van der Waals surface area contributed by atoms with Crippen molar-refractivity contribution in [3.63, 3.8) is 0 Å². The summed E-state index contributed by atoms with van der Waals surface area (Å²) in [4.78, 5) is 41.4. The van der Waals surface area contributed by atoms with Gasteiger partial charge >= 0.3 is 0 Å². The van der Waals surface area contributed by atoms with Gasteiger partial charge in [0.1, 0.15) is 11.8 Å². The number of anilines is 1. The van der Waals surface area contributed by atoms with Gasteiger partial charge < -0.3 is 19.6 Å². The first-order valence-corrected chi connectivity index (χ1v) is 10.1. The smallest absolute Gasteiger partial charge is 0.245 e. The van der Waals surface area contributed by atoms with Gasteiger partial charge in [0, 0.05) is 32.5 Å². The molecule has 1 unspecified atom stereocenters. The van der Waals surface area contributed by atoms with E-state index in [-0.39, 0.29) is 30.2 Å². The highest BCUT2D eigenvalue weighted by Crippen LogP contribution is 2.26. The number of aromatic nitrogens is 1. The molecule has 0 saturated carbocycles. The van der Waals surface area contributed by atoms with E-state index in [0.29, 0.717) is 31.0 Å². The van der Waals surface area contributed by atoms with Crippen LogP contribution in [0.1, 0.15) is 37.2 Å². The number of carbonyl (C=O) groups is 3. The van der Waals surface area contributed by atoms with Crippen molar-refractivity contribution >= 4 is 23.5 Å². The van der Waals surface area contributed by atoms with Crippen LogP contribution in [0.25, 0.3) is 0 Å². The fraction of sp³-hybridized carbons (Fsp3) is 0.455. The van der Waals surface area contributed by atoms with Crippen LogP contribution in [-0.4, -0.2) is 52.3 Å². The van der Waals surface area contributed by atoms with E-state index in [0.717, 1.165) is 11.1 Å². The quantitative estimate of drug-likeness (QED) is 0.786. The molecule has 0 bridgehead atoms. The highest BCUT2D eigenvalue weighted by atomic mass is 16.5. The molecule has 0 spiro atoms. The summed E-state index contributed by atoms with van der Waals surface area (Å²) in [7, 11) is 1.57. The Morgan fingerprint density at radius 1 is 1.27 bits per heavy atom. The van der Waals surface area contributed by atoms with Crippen LogP contribution in [0.2, 0.25) is 0 Å². The number of hydrogen-bond acceptors (Lipinski definition) is 5. The topological polar surface area (TPSA) is 95.8 Å². The summed E-state index contributed by atoms with van der Waals surface area (Å²) in [5.74, 6) is 0.394. The Labute approximate surface area is 176 Å². The molecule has 0 radical (unpaired) electrons. The van der Waals surface area contributed by atoms with Crippen LogP contribution >= 0.6 is 0 Å². The van der Waals surface area contributed by atoms with Gasteiger partial charge in [-0.3, -0.25) is 14.4 Å². The molecule has 2 aromatic rings. The van der Waals surface area contributed by atoms with Gasteiger partial charge in [-0.1, -0.05) is 43.3 Å². The molecule has 0 aliphatic carbocycles. The number of likely N-dealkylation sites (N-methyl/N-ethyl adjacent to an activating group) is 1. The Morgan fingerprint density at radius 3 is 2.60 bits per heavy atom. The predicted molar refractivity (Wildman–Crippen MR) is 111 cm³/mol. The molecule has 1 aromatic carbocycles. The molecule has 3 rings (SSSR count). The minimum absolute atomic E-state index is 0.0474. The third-order valence-corrected chi connectivity index (χ3v) is 5.09. The molecule has 1 aliphatic rings. The molecule has 0 saturated heterocycles. The van der Waals surface area contributed by atoms with Crippen molar-refractivity contribution in [3.05, 3.63) is 47.2 Å². The van der Waals surface area contributed by atoms with Gasteiger partial charge in [0.05, 0.1) is 6.54 Å². The Balaban J connectivity index is 1.73. The lowest BCUT2D eigenvalue weighted by Gasteiger charge is -2.38. The maximum atomic E-state index is 13.2. The number of amides is 3. The van der Waals surface area contributed by atoms with E-state index in [4.69, 9.17) is 4.52 Å². The number of hydrogen-bond donors (Lipinski definition) is 1. The van der Waals surface area contributed by atoms with Gasteiger partial charge in [-0.2, -0.15) is 0 Å². The summed E-state index contributed by atoms with van der Waals surface area (Å²) in [6, 6.07) is 8.82. The van der Waals surface area contributed by atoms with E-state index < -0.39 is 6.04 Å². The number of aryl methyl sites for hydroxylation is 1. The maximum absolute atomic E-state index is 13.2. The summed E-state index contributed by atoms with van der Waals surface area (Å²) in [5, 5.41) is 6.33. The fourth-order valence-electron chi connectivity index (χ4n) is 3.63. The number of nitrogens with zero attached hydrogens (tertiary/aromatic N) is 3. The summed E-state index contributed by atoms with van der Waals surface area (Å²) in [6.07, 6.45) is 0.814. The lowest BCUT2D eigenvalue weighted by atomic mass is 9.92. The van der Waals surface area contributed by atoms with Gasteiger partial charge in [0.15, 0.2) is 5.82 Å². The second-order valence-corrected chi connectivity index (χ2v) is 8.17. The molecule has 1 aromatic heterocycles. The fourth-order valence-corrected chi connectivity index (χ4v) is 3.63. The van der Waals surface area contributed by atoms with Crippen molar-refractivity contribution in [2.75, 3.05) is 18.9 Å². The lowest BCUT2D eigenvalue weighted by molar-refractivity contribution is -0.147. The zero-order chi connectivity index (χ0) is 21.8. The molecule has 1 N–H and O–H groups in total. The number of carbonyl (C=O) groups excluding carboxylic acids is 3. The zero-order valence-corrected chi connectivity index (χ0v) is 17.8. The van der Waals surface area contributed by atoms with Gasteiger partial charge in [0.25, 0.3) is 0 Å². The number of rotatable bonds is 6. The van der Waals surface area contributed by atoms with Gasteiger partial charge in [-0.05, 0) is 24.0 Å². The molecule has 2 heterocycles. The Morgan fingerprint density at radius 2 is 1.97 bits per heavy atom. The Bertz CT molecular complexity index is 937. The monoisotopic (exact) mass is 412 g/mol. The van der Waals surface area contributed by atoms with Crippen molar-refractivity contribution in [1.29, 1.82) is 0 Å². The minimum atomic E-state index is -0.627. The van der Waals surface area contributed by atoms with Gasteiger partial charge in [-0.15, -0.1) is 0 Å². The van der Waals surface area contributed by atoms with Crippen molar-refractivity contribution in [2.24, 2.45) is 5.92 Å². The van der Waals surface area contributed by atoms with Crippen LogP contribution in [0.3, 0.4) is 0 Å². The van der Waals surface area contributed by atoms with Crippen LogP contribution in [-0.2, 0) is 27.3 Å². The summed E-state index contributed by atoms with van der Waals surface area (Å²) in [6.45, 7) is 5.94. The molecule has 8 heteroatoms. The van der Waals surface area contributed by atoms with Crippen LogP contribution in [0.5, 0.6) is 0 Å². The minimum Gasteiger partial charge on any atom is -0.360 e. The molecule has 0 fully saturated rings. The predicted octanol–water partition coefficient (Wildman–Crippen LogP) is 2.38. The third kappa shape index (κ3) is 5.06. The van der Waals surface area contributed by atoms with Crippen molar-refractivity contribution in [2.45, 2.75) is 46.2 Å². The normalized spacial score (nSPS) is 15.6. The average Bonchev–Trinajstić information content (AvgIpc) is 3.10. The van der Waals surface area contributed by atoms with E-state index >= 15 is 0 Å². The third-order valence-electron chi connectivity index (χ3n) is 5.09. The van der Waals surface area contributed by atoms with Crippen molar-refractivity contribution < 1.29 is 18.9 Å². The molecule has 3 amide bonds. The highest BCUT2D eigenvalue weighted by molar-refractivity contribution is 5.95. The Hall–Kier alpha value is -3.16. The SMILES string of the molecule is Cc1cc(NC(=O)CN(C)C(=O)C2Cc3ccccc3CN2C(=O)CC(C)C)no1. The van der Waals surface area contributed by atoms with Crippen LogP contribution in [0, 0.1) is 12.8 Å². The van der Waals surface area contributed by atoms with Gasteiger partial charge in [0.2, 0.25) is 17.7 Å². The first-order valence-electron chi connectivity index (χ1n) is 10.1. The second kappa shape index (κ2) is 9.11. The summed E-state index contributed by atoms with van der Waals surface area (Å²) in [5.41, 5.74) is 2.11. The summed E-state index contributed by atoms with van der Waals surface area (Å²) < 4.78 is 4.93. The molecule has 160 valence electrons. The molecule has 8 nitrogen and oxygen atoms in total. The molecule has 30 heavy (non-hydrogen) atoms. The molecule has 1 aliphatic heterocycles. The molecular weight excluding hydrogens is 384 g/mol. The maximum Gasteiger partial charge on any atom is 0.245 e. The standard InChI is InChI=1S/C22H28N4O4/c1-14(2)9-21(28)26-12-17-8-6-5-7-16(17)11-18(26)22(29)25(4)13-20(27)23-19-10-15(3)30-24-19/h5-8,10,14,18H,9,11-13H2,1-4H3,(H,23,24,27). The second-order valence-electron chi connectivity index (χ2n) is 8.17. The van der Waals surface area contributed by atoms with E-state index in [2.05, 4.69) is 10.5 Å².